The highest BCUT2D eigenvalue weighted by molar-refractivity contribution is 5.25. The first-order valence-corrected chi connectivity index (χ1v) is 4.61. The lowest BCUT2D eigenvalue weighted by Crippen LogP contribution is -1.94. The van der Waals surface area contributed by atoms with Crippen LogP contribution in [0, 0.1) is 0 Å². The molecule has 0 aromatic carbocycles. The second kappa shape index (κ2) is 6.52. The summed E-state index contributed by atoms with van der Waals surface area (Å²) in [7, 11) is 0. The Morgan fingerprint density at radius 1 is 1.38 bits per heavy atom. The zero-order chi connectivity index (χ0) is 10.3. The fraction of sp³-hybridized carbons (Fsp3) is 0.700. The van der Waals surface area contributed by atoms with Crippen LogP contribution in [0.2, 0.25) is 0 Å². The van der Waals surface area contributed by atoms with Crippen LogP contribution in [0.3, 0.4) is 0 Å². The van der Waals surface area contributed by atoms with E-state index < -0.39 is 0 Å². The summed E-state index contributed by atoms with van der Waals surface area (Å²) < 4.78 is 0. The van der Waals surface area contributed by atoms with Crippen LogP contribution in [0.1, 0.15) is 34.1 Å². The zero-order valence-corrected chi connectivity index (χ0v) is 9.04. The molecule has 0 heterocycles. The van der Waals surface area contributed by atoms with Crippen LogP contribution in [0.25, 0.3) is 0 Å². The van der Waals surface area contributed by atoms with Gasteiger partial charge in [0.2, 0.25) is 0 Å². The molecule has 0 aliphatic rings. The lowest BCUT2D eigenvalue weighted by Gasteiger charge is -2.01. The summed E-state index contributed by atoms with van der Waals surface area (Å²) in [5, 5.41) is 8.32. The second-order valence-electron chi connectivity index (χ2n) is 3.30. The molecule has 0 aromatic rings. The molecule has 0 bridgehead atoms. The molecule has 0 amide bonds. The average Bonchev–Trinajstić information content (AvgIpc) is 2.11. The summed E-state index contributed by atoms with van der Waals surface area (Å²) in [6.45, 7) is 12.2. The fourth-order valence-corrected chi connectivity index (χ4v) is 0.646. The first-order chi connectivity index (χ1) is 6.11. The highest BCUT2D eigenvalue weighted by Crippen LogP contribution is 2.08. The Kier molecular flexibility index (Phi) is 6.02. The molecule has 0 aromatic heterocycles. The number of nitrogens with zero attached hydrogens (tertiary/aromatic N) is 3. The molecule has 3 nitrogen and oxygen atoms in total. The van der Waals surface area contributed by atoms with E-state index in [1.807, 2.05) is 20.8 Å². The average molecular weight is 181 g/mol. The van der Waals surface area contributed by atoms with Gasteiger partial charge in [0.1, 0.15) is 0 Å². The van der Waals surface area contributed by atoms with Crippen molar-refractivity contribution in [1.82, 2.24) is 0 Å². The zero-order valence-electron chi connectivity index (χ0n) is 9.04. The van der Waals surface area contributed by atoms with Crippen molar-refractivity contribution in [3.8, 4) is 0 Å². The first kappa shape index (κ1) is 12.0. The van der Waals surface area contributed by atoms with Crippen LogP contribution in [0.15, 0.2) is 26.5 Å². The molecule has 13 heavy (non-hydrogen) atoms. The molecular formula is C10H19N3. The molecule has 0 rings (SSSR count). The van der Waals surface area contributed by atoms with Gasteiger partial charge in [-0.25, -0.2) is 0 Å². The summed E-state index contributed by atoms with van der Waals surface area (Å²) in [6, 6.07) is 0.291. The minimum atomic E-state index is 0.291. The van der Waals surface area contributed by atoms with E-state index in [0.29, 0.717) is 12.6 Å². The molecule has 0 aliphatic heterocycles. The van der Waals surface area contributed by atoms with Gasteiger partial charge in [-0.15, -0.1) is 0 Å². The van der Waals surface area contributed by atoms with E-state index in [2.05, 4.69) is 28.9 Å². The molecular weight excluding hydrogens is 162 g/mol. The van der Waals surface area contributed by atoms with E-state index in [0.717, 1.165) is 17.7 Å². The summed E-state index contributed by atoms with van der Waals surface area (Å²) in [4.78, 5) is 3.80. The molecule has 74 valence electrons. The largest absolute Gasteiger partial charge is 0.294 e. The van der Waals surface area contributed by atoms with Crippen LogP contribution in [-0.4, -0.2) is 19.3 Å². The number of hydrogen-bond acceptors (Lipinski definition) is 3. The monoisotopic (exact) mass is 181 g/mol. The van der Waals surface area contributed by atoms with Crippen molar-refractivity contribution in [2.75, 3.05) is 6.54 Å². The highest BCUT2D eigenvalue weighted by Gasteiger charge is 1.97. The highest BCUT2D eigenvalue weighted by atomic mass is 15.1. The third-order valence-corrected chi connectivity index (χ3v) is 1.81. The number of allylic oxidation sites excluding steroid dienone is 1. The van der Waals surface area contributed by atoms with Crippen molar-refractivity contribution < 1.29 is 0 Å². The molecule has 0 fully saturated rings. The van der Waals surface area contributed by atoms with Gasteiger partial charge in [-0.3, -0.25) is 4.99 Å². The Bertz CT molecular complexity index is 212. The van der Waals surface area contributed by atoms with Gasteiger partial charge in [-0.05, 0) is 33.9 Å². The van der Waals surface area contributed by atoms with Gasteiger partial charge in [-0.2, -0.15) is 10.2 Å². The predicted molar refractivity (Wildman–Crippen MR) is 57.4 cm³/mol. The van der Waals surface area contributed by atoms with E-state index in [1.165, 1.54) is 0 Å². The molecule has 3 heteroatoms. The third kappa shape index (κ3) is 5.28. The van der Waals surface area contributed by atoms with Crippen LogP contribution in [0.4, 0.5) is 0 Å². The lowest BCUT2D eigenvalue weighted by atomic mass is 10.2. The van der Waals surface area contributed by atoms with Crippen LogP contribution >= 0.6 is 0 Å². The van der Waals surface area contributed by atoms with Crippen molar-refractivity contribution in [1.29, 1.82) is 0 Å². The minimum Gasteiger partial charge on any atom is -0.294 e. The molecule has 0 radical (unpaired) electrons. The van der Waals surface area contributed by atoms with Crippen molar-refractivity contribution in [3.63, 3.8) is 0 Å². The Hall–Kier alpha value is -0.990. The predicted octanol–water partition coefficient (Wildman–Crippen LogP) is 3.23. The maximum Gasteiger partial charge on any atom is 0.0826 e. The maximum atomic E-state index is 4.16. The fourth-order valence-electron chi connectivity index (χ4n) is 0.646. The van der Waals surface area contributed by atoms with E-state index in [1.54, 1.807) is 0 Å². The van der Waals surface area contributed by atoms with Gasteiger partial charge in [0.15, 0.2) is 0 Å². The van der Waals surface area contributed by atoms with Crippen LogP contribution < -0.4 is 0 Å². The van der Waals surface area contributed by atoms with Crippen molar-refractivity contribution in [2.24, 2.45) is 15.2 Å². The van der Waals surface area contributed by atoms with Gasteiger partial charge in [0.05, 0.1) is 18.3 Å². The van der Waals surface area contributed by atoms with E-state index in [9.17, 15) is 0 Å². The van der Waals surface area contributed by atoms with Crippen LogP contribution in [-0.2, 0) is 0 Å². The number of rotatable bonds is 5. The quantitative estimate of drug-likeness (QED) is 0.461. The Morgan fingerprint density at radius 2 is 2.00 bits per heavy atom. The van der Waals surface area contributed by atoms with Crippen molar-refractivity contribution in [3.05, 3.63) is 11.3 Å². The smallest absolute Gasteiger partial charge is 0.0826 e. The number of hydrogen-bond donors (Lipinski definition) is 0. The van der Waals surface area contributed by atoms with Crippen molar-refractivity contribution in [2.45, 2.75) is 40.2 Å². The molecule has 1 atom stereocenters. The SMILES string of the molecule is C=NCC(/N=N\[C@H](C)CC)=C(C)C. The summed E-state index contributed by atoms with van der Waals surface area (Å²) in [5.74, 6) is 0. The van der Waals surface area contributed by atoms with Gasteiger partial charge < -0.3 is 0 Å². The van der Waals surface area contributed by atoms with Gasteiger partial charge in [-0.1, -0.05) is 12.5 Å². The molecule has 0 unspecified atom stereocenters. The standard InChI is InChI=1S/C10H19N3/c1-6-9(4)12-13-10(7-11-5)8(2)3/h9H,5-7H2,1-4H3/b13-12-/t9-/m1/s1. The summed E-state index contributed by atoms with van der Waals surface area (Å²) in [6.07, 6.45) is 1.01. The van der Waals surface area contributed by atoms with Crippen molar-refractivity contribution >= 4 is 6.72 Å². The second-order valence-corrected chi connectivity index (χ2v) is 3.30. The molecule has 0 saturated heterocycles. The number of azo groups is 1. The third-order valence-electron chi connectivity index (χ3n) is 1.81. The van der Waals surface area contributed by atoms with Gasteiger partial charge in [0, 0.05) is 0 Å². The molecule has 0 saturated carbocycles. The topological polar surface area (TPSA) is 37.1 Å². The molecule has 0 aliphatic carbocycles. The van der Waals surface area contributed by atoms with Gasteiger partial charge in [0.25, 0.3) is 0 Å². The minimum absolute atomic E-state index is 0.291. The maximum absolute atomic E-state index is 4.16. The molecule has 0 N–H and O–H groups in total. The lowest BCUT2D eigenvalue weighted by molar-refractivity contribution is 0.670. The number of aliphatic imine (C=N–C) groups is 1. The van der Waals surface area contributed by atoms with E-state index in [4.69, 9.17) is 0 Å². The Morgan fingerprint density at radius 3 is 2.38 bits per heavy atom. The molecule has 0 spiro atoms. The van der Waals surface area contributed by atoms with Crippen LogP contribution in [0.5, 0.6) is 0 Å². The van der Waals surface area contributed by atoms with E-state index in [-0.39, 0.29) is 0 Å². The summed E-state index contributed by atoms with van der Waals surface area (Å²) >= 11 is 0. The summed E-state index contributed by atoms with van der Waals surface area (Å²) in [5.41, 5.74) is 2.08. The van der Waals surface area contributed by atoms with E-state index >= 15 is 0 Å². The Balaban J connectivity index is 4.35. The van der Waals surface area contributed by atoms with Gasteiger partial charge >= 0.3 is 0 Å². The Labute approximate surface area is 80.7 Å². The normalized spacial score (nSPS) is 12.9. The first-order valence-electron chi connectivity index (χ1n) is 4.61.